The molecule has 0 aliphatic heterocycles. The van der Waals surface area contributed by atoms with Crippen LogP contribution in [0.1, 0.15) is 13.8 Å². The lowest BCUT2D eigenvalue weighted by molar-refractivity contribution is 0.532. The second-order valence-electron chi connectivity index (χ2n) is 3.29. The van der Waals surface area contributed by atoms with E-state index in [1.54, 1.807) is 13.8 Å². The summed E-state index contributed by atoms with van der Waals surface area (Å²) in [4.78, 5) is 0. The normalized spacial score (nSPS) is 12.5. The standard InChI is InChI=1S/C7H14N2O2S/c1-7(2,12(3,10)11)6-9-5-4-8/h9H,5-6H2,1-3H3. The Hall–Kier alpha value is -0.600. The molecule has 0 saturated carbocycles. The van der Waals surface area contributed by atoms with Crippen molar-refractivity contribution >= 4 is 9.84 Å². The van der Waals surface area contributed by atoms with Crippen molar-refractivity contribution < 1.29 is 8.42 Å². The van der Waals surface area contributed by atoms with Crippen molar-refractivity contribution in [1.29, 1.82) is 5.26 Å². The van der Waals surface area contributed by atoms with Crippen molar-refractivity contribution in [1.82, 2.24) is 5.32 Å². The third-order valence-electron chi connectivity index (χ3n) is 1.76. The van der Waals surface area contributed by atoms with Crippen molar-refractivity contribution in [3.05, 3.63) is 0 Å². The summed E-state index contributed by atoms with van der Waals surface area (Å²) in [6.45, 7) is 3.75. The first-order valence-corrected chi connectivity index (χ1v) is 5.47. The second-order valence-corrected chi connectivity index (χ2v) is 5.94. The maximum Gasteiger partial charge on any atom is 0.153 e. The highest BCUT2D eigenvalue weighted by atomic mass is 32.2. The highest BCUT2D eigenvalue weighted by Crippen LogP contribution is 2.12. The van der Waals surface area contributed by atoms with Gasteiger partial charge in [-0.2, -0.15) is 5.26 Å². The zero-order chi connectivity index (χ0) is 9.83. The Labute approximate surface area is 73.5 Å². The fourth-order valence-electron chi connectivity index (χ4n) is 0.551. The molecule has 0 unspecified atom stereocenters. The highest BCUT2D eigenvalue weighted by molar-refractivity contribution is 7.92. The maximum absolute atomic E-state index is 11.1. The highest BCUT2D eigenvalue weighted by Gasteiger charge is 2.29. The van der Waals surface area contributed by atoms with Gasteiger partial charge in [-0.1, -0.05) is 0 Å². The van der Waals surface area contributed by atoms with Gasteiger partial charge in [0.15, 0.2) is 9.84 Å². The van der Waals surface area contributed by atoms with Crippen LogP contribution in [0.25, 0.3) is 0 Å². The molecule has 0 radical (unpaired) electrons. The Morgan fingerprint density at radius 3 is 2.33 bits per heavy atom. The van der Waals surface area contributed by atoms with E-state index in [-0.39, 0.29) is 6.54 Å². The van der Waals surface area contributed by atoms with Gasteiger partial charge in [0.1, 0.15) is 0 Å². The Morgan fingerprint density at radius 1 is 1.50 bits per heavy atom. The van der Waals surface area contributed by atoms with E-state index in [0.717, 1.165) is 0 Å². The van der Waals surface area contributed by atoms with Crippen LogP contribution in [-0.2, 0) is 9.84 Å². The number of sulfone groups is 1. The predicted molar refractivity (Wildman–Crippen MR) is 47.4 cm³/mol. The van der Waals surface area contributed by atoms with Gasteiger partial charge >= 0.3 is 0 Å². The van der Waals surface area contributed by atoms with Crippen LogP contribution in [0.5, 0.6) is 0 Å². The molecule has 0 heterocycles. The Balaban J connectivity index is 4.18. The number of nitrogens with zero attached hydrogens (tertiary/aromatic N) is 1. The van der Waals surface area contributed by atoms with Crippen molar-refractivity contribution in [3.63, 3.8) is 0 Å². The number of nitrogens with one attached hydrogen (secondary N) is 1. The first kappa shape index (κ1) is 11.4. The van der Waals surface area contributed by atoms with Gasteiger partial charge in [-0.25, -0.2) is 8.42 Å². The monoisotopic (exact) mass is 190 g/mol. The first-order valence-electron chi connectivity index (χ1n) is 3.58. The molecule has 5 heteroatoms. The molecular weight excluding hydrogens is 176 g/mol. The average molecular weight is 190 g/mol. The van der Waals surface area contributed by atoms with Gasteiger partial charge in [0.25, 0.3) is 0 Å². The minimum absolute atomic E-state index is 0.180. The van der Waals surface area contributed by atoms with Crippen LogP contribution in [0.2, 0.25) is 0 Å². The number of hydrogen-bond donors (Lipinski definition) is 1. The molecule has 4 nitrogen and oxygen atoms in total. The molecule has 12 heavy (non-hydrogen) atoms. The summed E-state index contributed by atoms with van der Waals surface area (Å²) in [5.41, 5.74) is 0. The van der Waals surface area contributed by atoms with Crippen molar-refractivity contribution in [3.8, 4) is 6.07 Å². The molecule has 0 aliphatic rings. The topological polar surface area (TPSA) is 70.0 Å². The van der Waals surface area contributed by atoms with Crippen molar-refractivity contribution in [2.75, 3.05) is 19.3 Å². The summed E-state index contributed by atoms with van der Waals surface area (Å²) in [5, 5.41) is 10.9. The molecule has 0 saturated heterocycles. The van der Waals surface area contributed by atoms with E-state index < -0.39 is 14.6 Å². The Kier molecular flexibility index (Phi) is 3.68. The Morgan fingerprint density at radius 2 is 2.00 bits per heavy atom. The smallest absolute Gasteiger partial charge is 0.153 e. The van der Waals surface area contributed by atoms with Gasteiger partial charge < -0.3 is 5.32 Å². The minimum atomic E-state index is -3.05. The molecule has 70 valence electrons. The number of hydrogen-bond acceptors (Lipinski definition) is 4. The summed E-state index contributed by atoms with van der Waals surface area (Å²) < 4.78 is 21.4. The summed E-state index contributed by atoms with van der Waals surface area (Å²) in [7, 11) is -3.05. The van der Waals surface area contributed by atoms with E-state index >= 15 is 0 Å². The predicted octanol–water partition coefficient (Wildman–Crippen LogP) is -0.0772. The largest absolute Gasteiger partial charge is 0.303 e. The van der Waals surface area contributed by atoms with Crippen LogP contribution in [-0.4, -0.2) is 32.5 Å². The van der Waals surface area contributed by atoms with Crippen LogP contribution in [0, 0.1) is 11.3 Å². The molecule has 0 aromatic heterocycles. The molecule has 0 spiro atoms. The summed E-state index contributed by atoms with van der Waals surface area (Å²) in [6.07, 6.45) is 1.20. The van der Waals surface area contributed by atoms with E-state index in [4.69, 9.17) is 5.26 Å². The van der Waals surface area contributed by atoms with E-state index in [0.29, 0.717) is 6.54 Å². The molecule has 1 N–H and O–H groups in total. The summed E-state index contributed by atoms with van der Waals surface area (Å²) >= 11 is 0. The molecule has 0 aliphatic carbocycles. The quantitative estimate of drug-likeness (QED) is 0.497. The lowest BCUT2D eigenvalue weighted by Gasteiger charge is -2.21. The summed E-state index contributed by atoms with van der Waals surface area (Å²) in [6, 6.07) is 1.89. The zero-order valence-corrected chi connectivity index (χ0v) is 8.40. The van der Waals surface area contributed by atoms with Gasteiger partial charge in [-0.3, -0.25) is 0 Å². The fourth-order valence-corrected chi connectivity index (χ4v) is 0.915. The van der Waals surface area contributed by atoms with Gasteiger partial charge in [0, 0.05) is 12.8 Å². The van der Waals surface area contributed by atoms with E-state index in [1.165, 1.54) is 6.26 Å². The zero-order valence-electron chi connectivity index (χ0n) is 7.59. The van der Waals surface area contributed by atoms with Crippen LogP contribution >= 0.6 is 0 Å². The first-order chi connectivity index (χ1) is 5.31. The van der Waals surface area contributed by atoms with Crippen molar-refractivity contribution in [2.45, 2.75) is 18.6 Å². The average Bonchev–Trinajstić information content (AvgIpc) is 1.85. The molecule has 0 amide bonds. The molecular formula is C7H14N2O2S. The van der Waals surface area contributed by atoms with Crippen LogP contribution in [0.4, 0.5) is 0 Å². The minimum Gasteiger partial charge on any atom is -0.303 e. The molecule has 0 fully saturated rings. The molecule has 0 bridgehead atoms. The Bertz CT molecular complexity index is 274. The van der Waals surface area contributed by atoms with E-state index in [2.05, 4.69) is 5.32 Å². The van der Waals surface area contributed by atoms with Gasteiger partial charge in [0.2, 0.25) is 0 Å². The molecule has 0 atom stereocenters. The van der Waals surface area contributed by atoms with Crippen LogP contribution < -0.4 is 5.32 Å². The second kappa shape index (κ2) is 3.87. The van der Waals surface area contributed by atoms with Gasteiger partial charge in [-0.15, -0.1) is 0 Å². The van der Waals surface area contributed by atoms with Gasteiger partial charge in [0.05, 0.1) is 17.4 Å². The maximum atomic E-state index is 11.1. The fraction of sp³-hybridized carbons (Fsp3) is 0.857. The lowest BCUT2D eigenvalue weighted by Crippen LogP contribution is -2.41. The number of rotatable bonds is 4. The molecule has 0 aromatic rings. The third-order valence-corrected chi connectivity index (χ3v) is 3.91. The van der Waals surface area contributed by atoms with E-state index in [1.807, 2.05) is 6.07 Å². The van der Waals surface area contributed by atoms with Crippen molar-refractivity contribution in [2.24, 2.45) is 0 Å². The van der Waals surface area contributed by atoms with Crippen LogP contribution in [0.15, 0.2) is 0 Å². The summed E-state index contributed by atoms with van der Waals surface area (Å²) in [5.74, 6) is 0. The lowest BCUT2D eigenvalue weighted by atomic mass is 10.2. The SMILES string of the molecule is CC(C)(CNCC#N)S(C)(=O)=O. The molecule has 0 aromatic carbocycles. The molecule has 0 rings (SSSR count). The van der Waals surface area contributed by atoms with E-state index in [9.17, 15) is 8.42 Å². The number of nitriles is 1. The van der Waals surface area contributed by atoms with Gasteiger partial charge in [-0.05, 0) is 13.8 Å². The third kappa shape index (κ3) is 3.20. The van der Waals surface area contributed by atoms with Crippen LogP contribution in [0.3, 0.4) is 0 Å².